The average molecular weight is 507 g/mol. The van der Waals surface area contributed by atoms with Gasteiger partial charge in [0, 0.05) is 20.1 Å². The molecule has 8 nitrogen and oxygen atoms in total. The van der Waals surface area contributed by atoms with Crippen LogP contribution in [-0.2, 0) is 11.3 Å². The van der Waals surface area contributed by atoms with Gasteiger partial charge in [0.2, 0.25) is 5.89 Å². The van der Waals surface area contributed by atoms with E-state index in [0.717, 1.165) is 37.3 Å². The van der Waals surface area contributed by atoms with E-state index in [2.05, 4.69) is 20.6 Å². The molecule has 2 rings (SSSR count). The number of amides is 1. The first-order valence-electron chi connectivity index (χ1n) is 9.56. The number of piperidine rings is 1. The third-order valence-corrected chi connectivity index (χ3v) is 4.46. The first-order valence-corrected chi connectivity index (χ1v) is 9.56. The maximum atomic E-state index is 12.5. The van der Waals surface area contributed by atoms with E-state index in [0.29, 0.717) is 24.9 Å². The molecule has 1 aromatic rings. The van der Waals surface area contributed by atoms with Crippen molar-refractivity contribution < 1.29 is 13.9 Å². The van der Waals surface area contributed by atoms with Gasteiger partial charge in [-0.2, -0.15) is 0 Å². The number of guanidine groups is 1. The molecule has 28 heavy (non-hydrogen) atoms. The van der Waals surface area contributed by atoms with E-state index in [9.17, 15) is 4.79 Å². The van der Waals surface area contributed by atoms with Crippen molar-refractivity contribution in [3.8, 4) is 0 Å². The first-order chi connectivity index (χ1) is 12.7. The molecule has 1 unspecified atom stereocenters. The zero-order valence-electron chi connectivity index (χ0n) is 17.8. The lowest BCUT2D eigenvalue weighted by molar-refractivity contribution is 0.0104. The Morgan fingerprint density at radius 2 is 2.04 bits per heavy atom. The zero-order chi connectivity index (χ0) is 20.0. The van der Waals surface area contributed by atoms with Crippen molar-refractivity contribution in [1.29, 1.82) is 0 Å². The van der Waals surface area contributed by atoms with Crippen LogP contribution in [0.2, 0.25) is 0 Å². The lowest BCUT2D eigenvalue weighted by Crippen LogP contribution is -2.52. The Kier molecular flexibility index (Phi) is 9.52. The predicted octanol–water partition coefficient (Wildman–Crippen LogP) is 3.36. The summed E-state index contributed by atoms with van der Waals surface area (Å²) < 4.78 is 11.1. The van der Waals surface area contributed by atoms with Crippen LogP contribution >= 0.6 is 24.0 Å². The van der Waals surface area contributed by atoms with E-state index in [1.807, 2.05) is 39.5 Å². The average Bonchev–Trinajstić information content (AvgIpc) is 2.92. The molecule has 0 aliphatic carbocycles. The Hall–Kier alpha value is -1.52. The molecule has 1 aliphatic rings. The van der Waals surface area contributed by atoms with Crippen molar-refractivity contribution >= 4 is 36.0 Å². The SMILES string of the molecule is CN=C(NCc1nc(C)c(C)o1)NCC1CCCCN1C(=O)OC(C)(C)C.I. The molecule has 2 N–H and O–H groups in total. The molecule has 0 bridgehead atoms. The smallest absolute Gasteiger partial charge is 0.410 e. The number of hydrogen-bond acceptors (Lipinski definition) is 5. The van der Waals surface area contributed by atoms with Gasteiger partial charge in [-0.3, -0.25) is 4.99 Å². The van der Waals surface area contributed by atoms with Gasteiger partial charge in [-0.15, -0.1) is 24.0 Å². The predicted molar refractivity (Wildman–Crippen MR) is 120 cm³/mol. The molecular formula is C19H34IN5O3. The minimum Gasteiger partial charge on any atom is -0.444 e. The third kappa shape index (κ3) is 7.48. The van der Waals surface area contributed by atoms with Gasteiger partial charge in [0.05, 0.1) is 18.3 Å². The van der Waals surface area contributed by atoms with Crippen LogP contribution in [0.15, 0.2) is 9.41 Å². The fraction of sp³-hybridized carbons (Fsp3) is 0.737. The Bertz CT molecular complexity index is 650. The highest BCUT2D eigenvalue weighted by molar-refractivity contribution is 14.0. The molecule has 0 spiro atoms. The van der Waals surface area contributed by atoms with Gasteiger partial charge in [-0.1, -0.05) is 0 Å². The number of hydrogen-bond donors (Lipinski definition) is 2. The van der Waals surface area contributed by atoms with Gasteiger partial charge in [0.25, 0.3) is 0 Å². The molecule has 2 heterocycles. The number of nitrogens with zero attached hydrogens (tertiary/aromatic N) is 3. The summed E-state index contributed by atoms with van der Waals surface area (Å²) in [7, 11) is 1.72. The van der Waals surface area contributed by atoms with Crippen molar-refractivity contribution in [3.63, 3.8) is 0 Å². The Labute approximate surface area is 184 Å². The normalized spacial score (nSPS) is 17.7. The number of likely N-dealkylation sites (tertiary alicyclic amines) is 1. The number of carbonyl (C=O) groups is 1. The molecule has 1 saturated heterocycles. The Balaban J connectivity index is 0.00000392. The van der Waals surface area contributed by atoms with Gasteiger partial charge in [-0.25, -0.2) is 9.78 Å². The minimum atomic E-state index is -0.490. The lowest BCUT2D eigenvalue weighted by atomic mass is 10.0. The number of carbonyl (C=O) groups excluding carboxylic acids is 1. The topological polar surface area (TPSA) is 92.0 Å². The number of halogens is 1. The van der Waals surface area contributed by atoms with Crippen molar-refractivity contribution in [3.05, 3.63) is 17.3 Å². The highest BCUT2D eigenvalue weighted by Gasteiger charge is 2.30. The standard InChI is InChI=1S/C19H33N5O3.HI/c1-13-14(2)26-16(23-13)12-22-17(20-6)21-11-15-9-7-8-10-24(15)18(25)27-19(3,4)5;/h15H,7-12H2,1-6H3,(H2,20,21,22);1H. The van der Waals surface area contributed by atoms with Gasteiger partial charge in [-0.05, 0) is 53.9 Å². The van der Waals surface area contributed by atoms with Crippen LogP contribution in [0.4, 0.5) is 4.79 Å². The van der Waals surface area contributed by atoms with Crippen LogP contribution < -0.4 is 10.6 Å². The summed E-state index contributed by atoms with van der Waals surface area (Å²) >= 11 is 0. The number of nitrogens with one attached hydrogen (secondary N) is 2. The second-order valence-electron chi connectivity index (χ2n) is 7.88. The lowest BCUT2D eigenvalue weighted by Gasteiger charge is -2.37. The summed E-state index contributed by atoms with van der Waals surface area (Å²) in [6.45, 7) is 11.3. The minimum absolute atomic E-state index is 0. The summed E-state index contributed by atoms with van der Waals surface area (Å²) in [5.41, 5.74) is 0.404. The highest BCUT2D eigenvalue weighted by Crippen LogP contribution is 2.20. The molecular weight excluding hydrogens is 473 g/mol. The van der Waals surface area contributed by atoms with E-state index in [4.69, 9.17) is 9.15 Å². The van der Waals surface area contributed by atoms with Crippen LogP contribution in [-0.4, -0.2) is 53.7 Å². The zero-order valence-corrected chi connectivity index (χ0v) is 20.1. The van der Waals surface area contributed by atoms with Gasteiger partial charge >= 0.3 is 6.09 Å². The molecule has 0 radical (unpaired) electrons. The van der Waals surface area contributed by atoms with Gasteiger partial charge in [0.1, 0.15) is 11.4 Å². The van der Waals surface area contributed by atoms with Crippen molar-refractivity contribution in [2.75, 3.05) is 20.1 Å². The summed E-state index contributed by atoms with van der Waals surface area (Å²) in [5, 5.41) is 6.49. The third-order valence-electron chi connectivity index (χ3n) is 4.46. The molecule has 0 aromatic carbocycles. The van der Waals surface area contributed by atoms with Gasteiger partial charge in [0.15, 0.2) is 5.96 Å². The summed E-state index contributed by atoms with van der Waals surface area (Å²) in [6, 6.07) is 0.0818. The molecule has 1 aromatic heterocycles. The molecule has 1 amide bonds. The summed E-state index contributed by atoms with van der Waals surface area (Å²) in [6.07, 6.45) is 2.81. The fourth-order valence-electron chi connectivity index (χ4n) is 2.98. The maximum Gasteiger partial charge on any atom is 0.410 e. The number of aliphatic imine (C=N–C) groups is 1. The largest absolute Gasteiger partial charge is 0.444 e. The number of aromatic nitrogens is 1. The highest BCUT2D eigenvalue weighted by atomic mass is 127. The Morgan fingerprint density at radius 1 is 1.32 bits per heavy atom. The number of ether oxygens (including phenoxy) is 1. The van der Waals surface area contributed by atoms with Crippen LogP contribution in [0.1, 0.15) is 57.4 Å². The first kappa shape index (κ1) is 24.5. The number of aryl methyl sites for hydroxylation is 2. The van der Waals surface area contributed by atoms with E-state index >= 15 is 0 Å². The van der Waals surface area contributed by atoms with Crippen LogP contribution in [0.25, 0.3) is 0 Å². The second-order valence-corrected chi connectivity index (χ2v) is 7.88. The van der Waals surface area contributed by atoms with Crippen LogP contribution in [0.5, 0.6) is 0 Å². The molecule has 1 atom stereocenters. The second kappa shape index (κ2) is 10.9. The molecule has 1 aliphatic heterocycles. The van der Waals surface area contributed by atoms with Crippen molar-refractivity contribution in [1.82, 2.24) is 20.5 Å². The van der Waals surface area contributed by atoms with Crippen LogP contribution in [0, 0.1) is 13.8 Å². The molecule has 1 fully saturated rings. The summed E-state index contributed by atoms with van der Waals surface area (Å²) in [5.74, 6) is 2.10. The van der Waals surface area contributed by atoms with E-state index in [1.165, 1.54) is 0 Å². The fourth-order valence-corrected chi connectivity index (χ4v) is 2.98. The summed E-state index contributed by atoms with van der Waals surface area (Å²) in [4.78, 5) is 22.9. The van der Waals surface area contributed by atoms with Crippen molar-refractivity contribution in [2.45, 2.75) is 72.1 Å². The molecule has 9 heteroatoms. The monoisotopic (exact) mass is 507 g/mol. The maximum absolute atomic E-state index is 12.5. The Morgan fingerprint density at radius 3 is 2.61 bits per heavy atom. The number of rotatable bonds is 4. The van der Waals surface area contributed by atoms with Crippen molar-refractivity contribution in [2.24, 2.45) is 4.99 Å². The van der Waals surface area contributed by atoms with Crippen LogP contribution in [0.3, 0.4) is 0 Å². The molecule has 0 saturated carbocycles. The van der Waals surface area contributed by atoms with E-state index in [1.54, 1.807) is 7.05 Å². The molecule has 160 valence electrons. The quantitative estimate of drug-likeness (QED) is 0.369. The van der Waals surface area contributed by atoms with E-state index in [-0.39, 0.29) is 36.1 Å². The van der Waals surface area contributed by atoms with Gasteiger partial charge < -0.3 is 24.7 Å². The number of oxazole rings is 1. The van der Waals surface area contributed by atoms with E-state index < -0.39 is 5.60 Å².